The first-order chi connectivity index (χ1) is 8.74. The number of carbonyl (C=O) groups excluding carboxylic acids is 1. The first-order valence-corrected chi connectivity index (χ1v) is 5.68. The monoisotopic (exact) mass is 244 g/mol. The predicted molar refractivity (Wildman–Crippen MR) is 67.6 cm³/mol. The average molecular weight is 244 g/mol. The van der Waals surface area contributed by atoms with Gasteiger partial charge in [0.25, 0.3) is 0 Å². The summed E-state index contributed by atoms with van der Waals surface area (Å²) in [7, 11) is 0. The standard InChI is InChI=1S/C14H13FN2O/c15-12-2-4-13(5-3-12)17-14(18)6-1-11-7-9-16-10-8-11/h2-5,7-10H,1,6H2,(H,17,18). The fourth-order valence-corrected chi connectivity index (χ4v) is 1.56. The Hall–Kier alpha value is -2.23. The van der Waals surface area contributed by atoms with Gasteiger partial charge >= 0.3 is 0 Å². The number of benzene rings is 1. The quantitative estimate of drug-likeness (QED) is 0.898. The lowest BCUT2D eigenvalue weighted by Gasteiger charge is -2.05. The van der Waals surface area contributed by atoms with Crippen LogP contribution < -0.4 is 5.32 Å². The van der Waals surface area contributed by atoms with Crippen molar-refractivity contribution in [2.45, 2.75) is 12.8 Å². The Morgan fingerprint density at radius 2 is 1.78 bits per heavy atom. The van der Waals surface area contributed by atoms with Crippen LogP contribution in [0.25, 0.3) is 0 Å². The van der Waals surface area contributed by atoms with Gasteiger partial charge in [0.05, 0.1) is 0 Å². The Bertz CT molecular complexity index is 511. The molecule has 0 aliphatic carbocycles. The number of aromatic nitrogens is 1. The van der Waals surface area contributed by atoms with Gasteiger partial charge in [0, 0.05) is 24.5 Å². The fraction of sp³-hybridized carbons (Fsp3) is 0.143. The van der Waals surface area contributed by atoms with E-state index in [9.17, 15) is 9.18 Å². The van der Waals surface area contributed by atoms with Crippen LogP contribution in [-0.2, 0) is 11.2 Å². The molecule has 0 radical (unpaired) electrons. The largest absolute Gasteiger partial charge is 0.326 e. The number of hydrogen-bond donors (Lipinski definition) is 1. The molecule has 3 nitrogen and oxygen atoms in total. The van der Waals surface area contributed by atoms with E-state index in [-0.39, 0.29) is 11.7 Å². The first-order valence-electron chi connectivity index (χ1n) is 5.68. The number of nitrogens with one attached hydrogen (secondary N) is 1. The van der Waals surface area contributed by atoms with Crippen molar-refractivity contribution in [2.24, 2.45) is 0 Å². The Kier molecular flexibility index (Phi) is 4.02. The highest BCUT2D eigenvalue weighted by Gasteiger charge is 2.03. The molecule has 1 aromatic heterocycles. The molecule has 0 bridgehead atoms. The van der Waals surface area contributed by atoms with Gasteiger partial charge in [0.2, 0.25) is 5.91 Å². The van der Waals surface area contributed by atoms with Crippen LogP contribution in [-0.4, -0.2) is 10.9 Å². The number of carbonyl (C=O) groups is 1. The zero-order chi connectivity index (χ0) is 12.8. The van der Waals surface area contributed by atoms with E-state index in [4.69, 9.17) is 0 Å². The molecule has 2 rings (SSSR count). The van der Waals surface area contributed by atoms with Crippen molar-refractivity contribution >= 4 is 11.6 Å². The van der Waals surface area contributed by atoms with Crippen molar-refractivity contribution in [1.82, 2.24) is 4.98 Å². The van der Waals surface area contributed by atoms with Crippen molar-refractivity contribution in [3.63, 3.8) is 0 Å². The van der Waals surface area contributed by atoms with Crippen molar-refractivity contribution in [3.8, 4) is 0 Å². The van der Waals surface area contributed by atoms with Crippen LogP contribution in [0.3, 0.4) is 0 Å². The molecule has 0 unspecified atom stereocenters. The Balaban J connectivity index is 1.84. The van der Waals surface area contributed by atoms with Gasteiger partial charge in [-0.05, 0) is 48.4 Å². The van der Waals surface area contributed by atoms with Gasteiger partial charge in [-0.25, -0.2) is 4.39 Å². The summed E-state index contributed by atoms with van der Waals surface area (Å²) in [5, 5.41) is 2.72. The average Bonchev–Trinajstić information content (AvgIpc) is 2.40. The molecule has 0 saturated carbocycles. The highest BCUT2D eigenvalue weighted by Crippen LogP contribution is 2.09. The summed E-state index contributed by atoms with van der Waals surface area (Å²) < 4.78 is 12.7. The molecular formula is C14H13FN2O. The van der Waals surface area contributed by atoms with E-state index in [0.29, 0.717) is 18.5 Å². The van der Waals surface area contributed by atoms with Gasteiger partial charge in [-0.2, -0.15) is 0 Å². The molecule has 1 heterocycles. The summed E-state index contributed by atoms with van der Waals surface area (Å²) in [5.41, 5.74) is 1.68. The third kappa shape index (κ3) is 3.66. The molecule has 0 atom stereocenters. The number of anilines is 1. The minimum absolute atomic E-state index is 0.0848. The van der Waals surface area contributed by atoms with Crippen molar-refractivity contribution in [2.75, 3.05) is 5.32 Å². The molecule has 0 spiro atoms. The number of halogens is 1. The third-order valence-electron chi connectivity index (χ3n) is 2.52. The van der Waals surface area contributed by atoms with Crippen molar-refractivity contribution in [3.05, 3.63) is 60.2 Å². The molecule has 92 valence electrons. The van der Waals surface area contributed by atoms with Crippen LogP contribution in [0.2, 0.25) is 0 Å². The summed E-state index contributed by atoms with van der Waals surface area (Å²) in [6, 6.07) is 9.48. The Labute approximate surface area is 105 Å². The molecule has 4 heteroatoms. The number of amides is 1. The van der Waals surface area contributed by atoms with E-state index in [1.165, 1.54) is 12.1 Å². The predicted octanol–water partition coefficient (Wildman–Crippen LogP) is 2.79. The molecule has 0 aliphatic heterocycles. The summed E-state index contributed by atoms with van der Waals surface area (Å²) in [5.74, 6) is -0.400. The number of aryl methyl sites for hydroxylation is 1. The zero-order valence-corrected chi connectivity index (χ0v) is 9.77. The lowest BCUT2D eigenvalue weighted by Crippen LogP contribution is -2.12. The SMILES string of the molecule is O=C(CCc1ccncc1)Nc1ccc(F)cc1. The van der Waals surface area contributed by atoms with Gasteiger partial charge in [-0.1, -0.05) is 0 Å². The van der Waals surface area contributed by atoms with E-state index in [1.807, 2.05) is 12.1 Å². The molecular weight excluding hydrogens is 231 g/mol. The summed E-state index contributed by atoms with van der Waals surface area (Å²) in [6.07, 6.45) is 4.46. The Morgan fingerprint density at radius 3 is 2.44 bits per heavy atom. The maximum Gasteiger partial charge on any atom is 0.224 e. The van der Waals surface area contributed by atoms with Gasteiger partial charge < -0.3 is 5.32 Å². The minimum atomic E-state index is -0.315. The normalized spacial score (nSPS) is 10.1. The second kappa shape index (κ2) is 5.91. The van der Waals surface area contributed by atoms with Gasteiger partial charge in [0.1, 0.15) is 5.82 Å². The van der Waals surface area contributed by atoms with Crippen LogP contribution in [0.5, 0.6) is 0 Å². The molecule has 2 aromatic rings. The number of nitrogens with zero attached hydrogens (tertiary/aromatic N) is 1. The number of rotatable bonds is 4. The zero-order valence-electron chi connectivity index (χ0n) is 9.77. The maximum absolute atomic E-state index is 12.7. The Morgan fingerprint density at radius 1 is 1.11 bits per heavy atom. The summed E-state index contributed by atoms with van der Waals surface area (Å²) in [6.45, 7) is 0. The van der Waals surface area contributed by atoms with Gasteiger partial charge in [-0.3, -0.25) is 9.78 Å². The second-order valence-corrected chi connectivity index (χ2v) is 3.91. The number of pyridine rings is 1. The van der Waals surface area contributed by atoms with Gasteiger partial charge in [-0.15, -0.1) is 0 Å². The molecule has 0 saturated heterocycles. The minimum Gasteiger partial charge on any atom is -0.326 e. The van der Waals surface area contributed by atoms with E-state index >= 15 is 0 Å². The van der Waals surface area contributed by atoms with Crippen molar-refractivity contribution in [1.29, 1.82) is 0 Å². The highest BCUT2D eigenvalue weighted by atomic mass is 19.1. The number of hydrogen-bond acceptors (Lipinski definition) is 2. The van der Waals surface area contributed by atoms with E-state index < -0.39 is 0 Å². The second-order valence-electron chi connectivity index (χ2n) is 3.91. The third-order valence-corrected chi connectivity index (χ3v) is 2.52. The smallest absolute Gasteiger partial charge is 0.224 e. The molecule has 18 heavy (non-hydrogen) atoms. The summed E-state index contributed by atoms with van der Waals surface area (Å²) in [4.78, 5) is 15.6. The van der Waals surface area contributed by atoms with Crippen molar-refractivity contribution < 1.29 is 9.18 Å². The molecule has 1 aromatic carbocycles. The van der Waals surface area contributed by atoms with E-state index in [2.05, 4.69) is 10.3 Å². The lowest BCUT2D eigenvalue weighted by atomic mass is 10.1. The topological polar surface area (TPSA) is 42.0 Å². The molecule has 1 amide bonds. The highest BCUT2D eigenvalue weighted by molar-refractivity contribution is 5.90. The van der Waals surface area contributed by atoms with Gasteiger partial charge in [0.15, 0.2) is 0 Å². The molecule has 0 fully saturated rings. The molecule has 0 aliphatic rings. The maximum atomic E-state index is 12.7. The molecule has 1 N–H and O–H groups in total. The van der Waals surface area contributed by atoms with E-state index in [1.54, 1.807) is 24.5 Å². The fourth-order valence-electron chi connectivity index (χ4n) is 1.56. The van der Waals surface area contributed by atoms with Crippen LogP contribution in [0, 0.1) is 5.82 Å². The van der Waals surface area contributed by atoms with Crippen LogP contribution in [0.15, 0.2) is 48.8 Å². The summed E-state index contributed by atoms with van der Waals surface area (Å²) >= 11 is 0. The van der Waals surface area contributed by atoms with Crippen LogP contribution in [0.1, 0.15) is 12.0 Å². The van der Waals surface area contributed by atoms with E-state index in [0.717, 1.165) is 5.56 Å². The van der Waals surface area contributed by atoms with Crippen LogP contribution in [0.4, 0.5) is 10.1 Å². The van der Waals surface area contributed by atoms with Crippen LogP contribution >= 0.6 is 0 Å². The lowest BCUT2D eigenvalue weighted by molar-refractivity contribution is -0.116. The first kappa shape index (κ1) is 12.2.